The smallest absolute Gasteiger partial charge is 0.256 e. The molecule has 0 radical (unpaired) electrons. The molecule has 1 aliphatic heterocycles. The number of para-hydroxylation sites is 2. The van der Waals surface area contributed by atoms with Crippen LogP contribution in [0.15, 0.2) is 48.7 Å². The number of benzene rings is 2. The van der Waals surface area contributed by atoms with Gasteiger partial charge in [-0.3, -0.25) is 9.78 Å². The SMILES string of the molecule is O=C1Nc2cc(Cl)ccc2/C1=C\c1cnc2ccccc2n1. The Labute approximate surface area is 131 Å². The maximum atomic E-state index is 12.1. The Bertz CT molecular complexity index is 950. The third-order valence-electron chi connectivity index (χ3n) is 3.52. The van der Waals surface area contributed by atoms with Crippen molar-refractivity contribution in [2.75, 3.05) is 5.32 Å². The maximum Gasteiger partial charge on any atom is 0.256 e. The molecule has 4 rings (SSSR count). The molecular weight excluding hydrogens is 298 g/mol. The predicted octanol–water partition coefficient (Wildman–Crippen LogP) is 3.78. The third-order valence-corrected chi connectivity index (χ3v) is 3.76. The molecular formula is C17H10ClN3O. The van der Waals surface area contributed by atoms with Crippen LogP contribution in [0.1, 0.15) is 11.3 Å². The van der Waals surface area contributed by atoms with E-state index in [2.05, 4.69) is 15.3 Å². The van der Waals surface area contributed by atoms with Gasteiger partial charge in [-0.1, -0.05) is 29.8 Å². The van der Waals surface area contributed by atoms with Crippen molar-refractivity contribution in [2.24, 2.45) is 0 Å². The highest BCUT2D eigenvalue weighted by molar-refractivity contribution is 6.36. The van der Waals surface area contributed by atoms with Gasteiger partial charge < -0.3 is 5.32 Å². The Morgan fingerprint density at radius 3 is 2.77 bits per heavy atom. The monoisotopic (exact) mass is 307 g/mol. The van der Waals surface area contributed by atoms with Crippen molar-refractivity contribution >= 4 is 45.9 Å². The van der Waals surface area contributed by atoms with Crippen molar-refractivity contribution in [2.45, 2.75) is 0 Å². The summed E-state index contributed by atoms with van der Waals surface area (Å²) in [5.74, 6) is -0.160. The van der Waals surface area contributed by atoms with Crippen LogP contribution in [0.2, 0.25) is 5.02 Å². The minimum atomic E-state index is -0.160. The summed E-state index contributed by atoms with van der Waals surface area (Å²) in [5, 5.41) is 3.39. The van der Waals surface area contributed by atoms with Crippen molar-refractivity contribution < 1.29 is 4.79 Å². The molecule has 0 bridgehead atoms. The second-order valence-corrected chi connectivity index (χ2v) is 5.42. The average Bonchev–Trinajstić information content (AvgIpc) is 2.82. The van der Waals surface area contributed by atoms with Crippen molar-refractivity contribution in [3.63, 3.8) is 0 Å². The van der Waals surface area contributed by atoms with Crippen LogP contribution in [0.25, 0.3) is 22.7 Å². The number of nitrogens with zero attached hydrogens (tertiary/aromatic N) is 2. The van der Waals surface area contributed by atoms with Crippen LogP contribution in [0, 0.1) is 0 Å². The van der Waals surface area contributed by atoms with Gasteiger partial charge in [0.15, 0.2) is 0 Å². The van der Waals surface area contributed by atoms with Crippen LogP contribution in [-0.2, 0) is 4.79 Å². The normalized spacial score (nSPS) is 15.1. The molecule has 0 saturated carbocycles. The topological polar surface area (TPSA) is 54.9 Å². The van der Waals surface area contributed by atoms with Crippen LogP contribution >= 0.6 is 11.6 Å². The number of carbonyl (C=O) groups is 1. The number of amides is 1. The molecule has 2 heterocycles. The van der Waals surface area contributed by atoms with Crippen LogP contribution in [0.4, 0.5) is 5.69 Å². The molecule has 0 atom stereocenters. The van der Waals surface area contributed by atoms with E-state index in [1.165, 1.54) is 0 Å². The van der Waals surface area contributed by atoms with Crippen LogP contribution < -0.4 is 5.32 Å². The van der Waals surface area contributed by atoms with Crippen molar-refractivity contribution in [3.05, 3.63) is 64.9 Å². The second kappa shape index (κ2) is 4.93. The fourth-order valence-electron chi connectivity index (χ4n) is 2.50. The van der Waals surface area contributed by atoms with Gasteiger partial charge in [-0.05, 0) is 30.3 Å². The Hall–Kier alpha value is -2.72. The van der Waals surface area contributed by atoms with E-state index in [1.54, 1.807) is 24.4 Å². The van der Waals surface area contributed by atoms with Gasteiger partial charge in [0.25, 0.3) is 5.91 Å². The first kappa shape index (κ1) is 13.0. The van der Waals surface area contributed by atoms with Crippen molar-refractivity contribution in [3.8, 4) is 0 Å². The Morgan fingerprint density at radius 1 is 1.09 bits per heavy atom. The highest BCUT2D eigenvalue weighted by Crippen LogP contribution is 2.34. The largest absolute Gasteiger partial charge is 0.321 e. The van der Waals surface area contributed by atoms with E-state index in [9.17, 15) is 4.79 Å². The molecule has 106 valence electrons. The molecule has 0 saturated heterocycles. The lowest BCUT2D eigenvalue weighted by Gasteiger charge is -2.00. The van der Waals surface area contributed by atoms with E-state index in [-0.39, 0.29) is 5.91 Å². The molecule has 4 nitrogen and oxygen atoms in total. The number of halogens is 1. The summed E-state index contributed by atoms with van der Waals surface area (Å²) in [6.07, 6.45) is 3.41. The zero-order valence-electron chi connectivity index (χ0n) is 11.4. The lowest BCUT2D eigenvalue weighted by molar-refractivity contribution is -0.110. The minimum Gasteiger partial charge on any atom is -0.321 e. The van der Waals surface area contributed by atoms with Gasteiger partial charge in [-0.15, -0.1) is 0 Å². The van der Waals surface area contributed by atoms with Crippen LogP contribution in [-0.4, -0.2) is 15.9 Å². The maximum absolute atomic E-state index is 12.1. The van der Waals surface area contributed by atoms with Gasteiger partial charge >= 0.3 is 0 Å². The standard InChI is InChI=1S/C17H10ClN3O/c18-10-5-6-12-13(17(22)21-16(12)7-10)8-11-9-19-14-3-1-2-4-15(14)20-11/h1-9H,(H,21,22)/b13-8+. The second-order valence-electron chi connectivity index (χ2n) is 4.99. The number of aromatic nitrogens is 2. The Kier molecular flexibility index (Phi) is 2.91. The Morgan fingerprint density at radius 2 is 1.91 bits per heavy atom. The predicted molar refractivity (Wildman–Crippen MR) is 87.5 cm³/mol. The zero-order valence-corrected chi connectivity index (χ0v) is 12.1. The number of nitrogens with one attached hydrogen (secondary N) is 1. The molecule has 1 amide bonds. The number of carbonyl (C=O) groups excluding carboxylic acids is 1. The molecule has 0 spiro atoms. The summed E-state index contributed by atoms with van der Waals surface area (Å²) in [6, 6.07) is 13.0. The molecule has 3 aromatic rings. The van der Waals surface area contributed by atoms with Gasteiger partial charge in [0.2, 0.25) is 0 Å². The molecule has 2 aromatic carbocycles. The molecule has 0 unspecified atom stereocenters. The number of rotatable bonds is 1. The molecule has 1 N–H and O–H groups in total. The first-order valence-corrected chi connectivity index (χ1v) is 7.13. The van der Waals surface area contributed by atoms with E-state index in [4.69, 9.17) is 11.6 Å². The highest BCUT2D eigenvalue weighted by Gasteiger charge is 2.24. The average molecular weight is 308 g/mol. The van der Waals surface area contributed by atoms with Gasteiger partial charge in [-0.25, -0.2) is 4.98 Å². The molecule has 22 heavy (non-hydrogen) atoms. The summed E-state index contributed by atoms with van der Waals surface area (Å²) in [7, 11) is 0. The van der Waals surface area contributed by atoms with E-state index < -0.39 is 0 Å². The molecule has 1 aliphatic rings. The lowest BCUT2D eigenvalue weighted by Crippen LogP contribution is -2.03. The lowest BCUT2D eigenvalue weighted by atomic mass is 10.1. The fraction of sp³-hybridized carbons (Fsp3) is 0. The van der Waals surface area contributed by atoms with Crippen LogP contribution in [0.5, 0.6) is 0 Å². The summed E-state index contributed by atoms with van der Waals surface area (Å²) in [5.41, 5.74) is 4.38. The minimum absolute atomic E-state index is 0.160. The fourth-order valence-corrected chi connectivity index (χ4v) is 2.67. The first-order chi connectivity index (χ1) is 10.7. The quantitative estimate of drug-likeness (QED) is 0.696. The number of hydrogen-bond donors (Lipinski definition) is 1. The molecule has 0 aliphatic carbocycles. The summed E-state index contributed by atoms with van der Waals surface area (Å²) in [4.78, 5) is 21.0. The summed E-state index contributed by atoms with van der Waals surface area (Å²) < 4.78 is 0. The molecule has 1 aromatic heterocycles. The van der Waals surface area contributed by atoms with E-state index in [0.29, 0.717) is 16.3 Å². The van der Waals surface area contributed by atoms with E-state index in [1.807, 2.05) is 30.3 Å². The molecule has 0 fully saturated rings. The highest BCUT2D eigenvalue weighted by atomic mass is 35.5. The summed E-state index contributed by atoms with van der Waals surface area (Å²) in [6.45, 7) is 0. The van der Waals surface area contributed by atoms with Crippen molar-refractivity contribution in [1.82, 2.24) is 9.97 Å². The van der Waals surface area contributed by atoms with Gasteiger partial charge in [0, 0.05) is 10.6 Å². The van der Waals surface area contributed by atoms with Gasteiger partial charge in [0.05, 0.1) is 34.2 Å². The zero-order chi connectivity index (χ0) is 15.1. The Balaban J connectivity index is 1.83. The third kappa shape index (κ3) is 2.14. The van der Waals surface area contributed by atoms with E-state index in [0.717, 1.165) is 22.3 Å². The molecule has 5 heteroatoms. The van der Waals surface area contributed by atoms with Crippen molar-refractivity contribution in [1.29, 1.82) is 0 Å². The van der Waals surface area contributed by atoms with Crippen LogP contribution in [0.3, 0.4) is 0 Å². The van der Waals surface area contributed by atoms with Gasteiger partial charge in [-0.2, -0.15) is 0 Å². The van der Waals surface area contributed by atoms with E-state index >= 15 is 0 Å². The number of anilines is 1. The summed E-state index contributed by atoms with van der Waals surface area (Å²) >= 11 is 5.95. The van der Waals surface area contributed by atoms with Gasteiger partial charge in [0.1, 0.15) is 0 Å². The number of hydrogen-bond acceptors (Lipinski definition) is 3. The number of fused-ring (bicyclic) bond motifs is 2. The first-order valence-electron chi connectivity index (χ1n) is 6.75.